The Kier molecular flexibility index (Phi) is 5.27. The summed E-state index contributed by atoms with van der Waals surface area (Å²) in [5.41, 5.74) is 0. The van der Waals surface area contributed by atoms with Gasteiger partial charge in [-0.3, -0.25) is 0 Å². The minimum absolute atomic E-state index is 0.660. The van der Waals surface area contributed by atoms with Crippen molar-refractivity contribution in [1.82, 2.24) is 0 Å². The van der Waals surface area contributed by atoms with E-state index in [9.17, 15) is 26.3 Å². The lowest BCUT2D eigenvalue weighted by molar-refractivity contribution is -0.317. The lowest BCUT2D eigenvalue weighted by atomic mass is 10.1. The van der Waals surface area contributed by atoms with Gasteiger partial charge in [0.1, 0.15) is 13.2 Å². The third-order valence-corrected chi connectivity index (χ3v) is 2.09. The normalized spacial score (nSPS) is 14.5. The molecule has 0 aromatic carbocycles. The summed E-state index contributed by atoms with van der Waals surface area (Å²) in [5, 5.41) is 0. The molecule has 0 rings (SSSR count). The zero-order valence-electron chi connectivity index (χ0n) is 9.58. The fourth-order valence-corrected chi connectivity index (χ4v) is 0.825. The van der Waals surface area contributed by atoms with Crippen molar-refractivity contribution in [3.05, 3.63) is 0 Å². The average Bonchev–Trinajstić information content (AvgIpc) is 2.09. The molecule has 0 heterocycles. The highest BCUT2D eigenvalue weighted by Crippen LogP contribution is 2.29. The Balaban J connectivity index is 4.47. The van der Waals surface area contributed by atoms with Crippen LogP contribution in [0.25, 0.3) is 0 Å². The van der Waals surface area contributed by atoms with E-state index in [4.69, 9.17) is 0 Å². The molecule has 0 saturated carbocycles. The predicted molar refractivity (Wildman–Crippen MR) is 47.3 cm³/mol. The van der Waals surface area contributed by atoms with Crippen LogP contribution in [0.1, 0.15) is 20.8 Å². The molecule has 0 aliphatic carbocycles. The first-order chi connectivity index (χ1) is 7.36. The maximum atomic E-state index is 11.9. The van der Waals surface area contributed by atoms with Crippen LogP contribution < -0.4 is 0 Å². The van der Waals surface area contributed by atoms with Crippen molar-refractivity contribution in [2.45, 2.75) is 38.9 Å². The largest absolute Gasteiger partial charge is 0.411 e. The molecule has 8 heteroatoms. The van der Waals surface area contributed by atoms with Gasteiger partial charge in [0.25, 0.3) is 0 Å². The number of rotatable bonds is 5. The van der Waals surface area contributed by atoms with Gasteiger partial charge in [-0.15, -0.1) is 0 Å². The van der Waals surface area contributed by atoms with Crippen LogP contribution >= 0.6 is 0 Å². The van der Waals surface area contributed by atoms with Crippen LogP contribution in [-0.4, -0.2) is 31.4 Å². The Morgan fingerprint density at radius 2 is 1.12 bits per heavy atom. The van der Waals surface area contributed by atoms with Crippen LogP contribution in [0.5, 0.6) is 0 Å². The molecule has 2 nitrogen and oxygen atoms in total. The van der Waals surface area contributed by atoms with Crippen LogP contribution in [0.15, 0.2) is 0 Å². The summed E-state index contributed by atoms with van der Waals surface area (Å²) in [7, 11) is 0. The first-order valence-corrected chi connectivity index (χ1v) is 4.77. The highest BCUT2D eigenvalue weighted by Gasteiger charge is 2.40. The van der Waals surface area contributed by atoms with E-state index in [1.807, 2.05) is 0 Å². The second kappa shape index (κ2) is 5.43. The molecule has 0 aliphatic heterocycles. The summed E-state index contributed by atoms with van der Waals surface area (Å²) in [4.78, 5) is 0. The minimum Gasteiger partial charge on any atom is -0.341 e. The van der Waals surface area contributed by atoms with E-state index >= 15 is 0 Å². The minimum atomic E-state index is -4.61. The van der Waals surface area contributed by atoms with Gasteiger partial charge in [0.15, 0.2) is 5.79 Å². The molecular formula is C9H14F6O2. The maximum Gasteiger partial charge on any atom is 0.411 e. The van der Waals surface area contributed by atoms with Crippen LogP contribution in [0, 0.1) is 5.92 Å². The van der Waals surface area contributed by atoms with Crippen molar-refractivity contribution in [3.63, 3.8) is 0 Å². The molecule has 0 unspecified atom stereocenters. The molecule has 0 bridgehead atoms. The second-order valence-corrected chi connectivity index (χ2v) is 3.98. The Hall–Kier alpha value is -0.500. The number of alkyl halides is 6. The third-order valence-electron chi connectivity index (χ3n) is 2.09. The summed E-state index contributed by atoms with van der Waals surface area (Å²) >= 11 is 0. The summed E-state index contributed by atoms with van der Waals surface area (Å²) in [5.74, 6) is -2.59. The SMILES string of the molecule is CC(C)C(C)(OCC(F)(F)F)OCC(F)(F)F. The molecule has 104 valence electrons. The average molecular weight is 268 g/mol. The molecule has 0 atom stereocenters. The number of hydrogen-bond acceptors (Lipinski definition) is 2. The Bertz CT molecular complexity index is 215. The summed E-state index contributed by atoms with van der Waals surface area (Å²) in [6.07, 6.45) is -9.23. The van der Waals surface area contributed by atoms with E-state index in [2.05, 4.69) is 9.47 Å². The van der Waals surface area contributed by atoms with Gasteiger partial charge < -0.3 is 9.47 Å². The van der Waals surface area contributed by atoms with Crippen molar-refractivity contribution in [3.8, 4) is 0 Å². The van der Waals surface area contributed by atoms with Gasteiger partial charge in [0, 0.05) is 5.92 Å². The summed E-state index contributed by atoms with van der Waals surface area (Å²) in [6, 6.07) is 0. The zero-order chi connectivity index (χ0) is 13.9. The Labute approximate surface area is 94.9 Å². The predicted octanol–water partition coefficient (Wildman–Crippen LogP) is 3.52. The van der Waals surface area contributed by atoms with Crippen molar-refractivity contribution >= 4 is 0 Å². The molecule has 0 N–H and O–H groups in total. The van der Waals surface area contributed by atoms with Gasteiger partial charge in [-0.25, -0.2) is 0 Å². The highest BCUT2D eigenvalue weighted by atomic mass is 19.4. The first-order valence-electron chi connectivity index (χ1n) is 4.77. The lowest BCUT2D eigenvalue weighted by Gasteiger charge is -2.34. The smallest absolute Gasteiger partial charge is 0.341 e. The van der Waals surface area contributed by atoms with E-state index in [1.54, 1.807) is 0 Å². The van der Waals surface area contributed by atoms with Crippen LogP contribution in [0.2, 0.25) is 0 Å². The molecular weight excluding hydrogens is 254 g/mol. The second-order valence-electron chi connectivity index (χ2n) is 3.98. The number of hydrogen-bond donors (Lipinski definition) is 0. The van der Waals surface area contributed by atoms with Gasteiger partial charge in [-0.1, -0.05) is 13.8 Å². The highest BCUT2D eigenvalue weighted by molar-refractivity contribution is 4.70. The van der Waals surface area contributed by atoms with Gasteiger partial charge in [-0.2, -0.15) is 26.3 Å². The maximum absolute atomic E-state index is 11.9. The molecule has 17 heavy (non-hydrogen) atoms. The van der Waals surface area contributed by atoms with E-state index in [1.165, 1.54) is 13.8 Å². The standard InChI is InChI=1S/C9H14F6O2/c1-6(2)7(3,16-4-8(10,11)12)17-5-9(13,14)15/h6H,4-5H2,1-3H3. The fraction of sp³-hybridized carbons (Fsp3) is 1.00. The molecule has 0 aromatic rings. The molecule has 0 aliphatic rings. The quantitative estimate of drug-likeness (QED) is 0.561. The van der Waals surface area contributed by atoms with E-state index in [0.717, 1.165) is 6.92 Å². The van der Waals surface area contributed by atoms with Gasteiger partial charge >= 0.3 is 12.4 Å². The lowest BCUT2D eigenvalue weighted by Crippen LogP contribution is -2.43. The van der Waals surface area contributed by atoms with Crippen molar-refractivity contribution in [2.75, 3.05) is 13.2 Å². The topological polar surface area (TPSA) is 18.5 Å². The molecule has 0 amide bonds. The summed E-state index contributed by atoms with van der Waals surface area (Å²) < 4.78 is 80.3. The van der Waals surface area contributed by atoms with Gasteiger partial charge in [-0.05, 0) is 6.92 Å². The molecule has 0 spiro atoms. The van der Waals surface area contributed by atoms with E-state index in [-0.39, 0.29) is 0 Å². The summed E-state index contributed by atoms with van der Waals surface area (Å²) in [6.45, 7) is 0.563. The zero-order valence-corrected chi connectivity index (χ0v) is 9.58. The van der Waals surface area contributed by atoms with Crippen molar-refractivity contribution in [2.24, 2.45) is 5.92 Å². The van der Waals surface area contributed by atoms with Crippen LogP contribution in [0.3, 0.4) is 0 Å². The molecule has 0 radical (unpaired) electrons. The fourth-order valence-electron chi connectivity index (χ4n) is 0.825. The third kappa shape index (κ3) is 7.43. The number of ether oxygens (including phenoxy) is 2. The van der Waals surface area contributed by atoms with Crippen molar-refractivity contribution < 1.29 is 35.8 Å². The first kappa shape index (κ1) is 16.5. The molecule has 0 aromatic heterocycles. The van der Waals surface area contributed by atoms with E-state index in [0.29, 0.717) is 0 Å². The molecule has 0 saturated heterocycles. The molecule has 0 fully saturated rings. The van der Waals surface area contributed by atoms with Gasteiger partial charge in [0.2, 0.25) is 0 Å². The monoisotopic (exact) mass is 268 g/mol. The van der Waals surface area contributed by atoms with Crippen molar-refractivity contribution in [1.29, 1.82) is 0 Å². The van der Waals surface area contributed by atoms with Gasteiger partial charge in [0.05, 0.1) is 0 Å². The van der Waals surface area contributed by atoms with Crippen LogP contribution in [-0.2, 0) is 9.47 Å². The number of halogens is 6. The Morgan fingerprint density at radius 1 is 0.824 bits per heavy atom. The van der Waals surface area contributed by atoms with E-state index < -0.39 is 37.3 Å². The van der Waals surface area contributed by atoms with Crippen LogP contribution in [0.4, 0.5) is 26.3 Å². The Morgan fingerprint density at radius 3 is 1.29 bits per heavy atom.